The Labute approximate surface area is 263 Å². The number of piperazine rings is 1. The van der Waals surface area contributed by atoms with Crippen LogP contribution in [-0.4, -0.2) is 101 Å². The van der Waals surface area contributed by atoms with E-state index in [0.29, 0.717) is 44.0 Å². The van der Waals surface area contributed by atoms with Gasteiger partial charge in [-0.1, -0.05) is 36.4 Å². The average molecular weight is 623 g/mol. The molecule has 4 atom stereocenters. The Hall–Kier alpha value is -3.96. The highest BCUT2D eigenvalue weighted by atomic mass is 19.1. The third kappa shape index (κ3) is 8.61. The van der Waals surface area contributed by atoms with E-state index in [1.165, 1.54) is 17.0 Å². The first-order valence-electron chi connectivity index (χ1n) is 15.5. The molecule has 5 rings (SSSR count). The Morgan fingerprint density at radius 2 is 1.87 bits per heavy atom. The third-order valence-corrected chi connectivity index (χ3v) is 8.32. The molecule has 2 aromatic carbocycles. The van der Waals surface area contributed by atoms with E-state index < -0.39 is 41.6 Å². The molecule has 2 fully saturated rings. The maximum atomic E-state index is 14.7. The van der Waals surface area contributed by atoms with Gasteiger partial charge in [-0.05, 0) is 56.5 Å². The van der Waals surface area contributed by atoms with Gasteiger partial charge in [-0.15, -0.1) is 0 Å². The van der Waals surface area contributed by atoms with Crippen molar-refractivity contribution in [3.8, 4) is 5.75 Å². The van der Waals surface area contributed by atoms with Gasteiger partial charge in [0.2, 0.25) is 11.8 Å². The molecule has 4 bridgehead atoms. The minimum atomic E-state index is -1.25. The summed E-state index contributed by atoms with van der Waals surface area (Å²) in [5.74, 6) is -1.30. The van der Waals surface area contributed by atoms with Gasteiger partial charge >= 0.3 is 6.09 Å². The lowest BCUT2D eigenvalue weighted by molar-refractivity contribution is -0.129. The number of rotatable bonds is 4. The molecule has 1 unspecified atom stereocenters. The zero-order chi connectivity index (χ0) is 32.1. The highest BCUT2D eigenvalue weighted by Crippen LogP contribution is 2.25. The highest BCUT2D eigenvalue weighted by Gasteiger charge is 2.42. The van der Waals surface area contributed by atoms with Crippen LogP contribution in [-0.2, 0) is 27.3 Å². The lowest BCUT2D eigenvalue weighted by Gasteiger charge is -2.45. The summed E-state index contributed by atoms with van der Waals surface area (Å²) in [5, 5.41) is 15.1. The number of amides is 3. The molecule has 45 heavy (non-hydrogen) atoms. The molecule has 0 spiro atoms. The summed E-state index contributed by atoms with van der Waals surface area (Å²) in [6.07, 6.45) is 1.87. The first kappa shape index (κ1) is 32.4. The molecule has 2 aromatic rings. The van der Waals surface area contributed by atoms with Crippen molar-refractivity contribution in [2.75, 3.05) is 39.3 Å². The molecule has 3 aliphatic heterocycles. The van der Waals surface area contributed by atoms with Crippen molar-refractivity contribution in [1.29, 1.82) is 0 Å². The minimum absolute atomic E-state index is 0.0570. The number of nitrogens with one attached hydrogen (secondary N) is 1. The van der Waals surface area contributed by atoms with E-state index in [2.05, 4.69) is 10.2 Å². The van der Waals surface area contributed by atoms with Crippen LogP contribution in [0, 0.1) is 11.7 Å². The molecule has 11 heteroatoms. The number of fused-ring (bicyclic) bond motifs is 4. The van der Waals surface area contributed by atoms with E-state index in [1.54, 1.807) is 43.9 Å². The molecular formula is C34H43FN4O6. The van der Waals surface area contributed by atoms with E-state index in [-0.39, 0.29) is 37.8 Å². The number of benzene rings is 2. The Bertz CT molecular complexity index is 1400. The number of carbonyl (C=O) groups excluding carboxylic acids is 3. The largest absolute Gasteiger partial charge is 0.489 e. The van der Waals surface area contributed by atoms with Crippen LogP contribution in [0.25, 0.3) is 0 Å². The molecule has 0 saturated carbocycles. The van der Waals surface area contributed by atoms with Crippen molar-refractivity contribution in [2.45, 2.75) is 63.9 Å². The van der Waals surface area contributed by atoms with Gasteiger partial charge in [-0.2, -0.15) is 0 Å². The summed E-state index contributed by atoms with van der Waals surface area (Å²) in [5.41, 5.74) is 0.854. The second-order valence-corrected chi connectivity index (χ2v) is 13.0. The monoisotopic (exact) mass is 622 g/mol. The number of carbonyl (C=O) groups is 3. The lowest BCUT2D eigenvalue weighted by Crippen LogP contribution is -2.64. The first-order chi connectivity index (χ1) is 21.4. The van der Waals surface area contributed by atoms with Gasteiger partial charge in [0, 0.05) is 51.8 Å². The van der Waals surface area contributed by atoms with E-state index in [9.17, 15) is 23.9 Å². The van der Waals surface area contributed by atoms with Crippen molar-refractivity contribution in [3.63, 3.8) is 0 Å². The first-order valence-corrected chi connectivity index (χ1v) is 15.5. The van der Waals surface area contributed by atoms with Crippen LogP contribution >= 0.6 is 0 Å². The number of aliphatic hydroxyl groups excluding tert-OH is 1. The fourth-order valence-corrected chi connectivity index (χ4v) is 6.13. The number of hydrogen-bond acceptors (Lipinski definition) is 7. The summed E-state index contributed by atoms with van der Waals surface area (Å²) < 4.78 is 26.2. The van der Waals surface area contributed by atoms with Crippen molar-refractivity contribution >= 4 is 17.9 Å². The van der Waals surface area contributed by atoms with E-state index in [1.807, 2.05) is 30.3 Å². The van der Waals surface area contributed by atoms with Crippen LogP contribution in [0.15, 0.2) is 60.7 Å². The molecule has 3 amide bonds. The molecule has 242 valence electrons. The van der Waals surface area contributed by atoms with Crippen molar-refractivity contribution in [1.82, 2.24) is 20.0 Å². The third-order valence-electron chi connectivity index (χ3n) is 8.32. The lowest BCUT2D eigenvalue weighted by atomic mass is 9.92. The quantitative estimate of drug-likeness (QED) is 0.504. The molecule has 3 aliphatic rings. The normalized spacial score (nSPS) is 23.9. The maximum Gasteiger partial charge on any atom is 0.410 e. The van der Waals surface area contributed by atoms with Gasteiger partial charge in [-0.25, -0.2) is 9.18 Å². The second kappa shape index (κ2) is 14.0. The van der Waals surface area contributed by atoms with Gasteiger partial charge in [0.05, 0.1) is 24.1 Å². The Morgan fingerprint density at radius 1 is 1.09 bits per heavy atom. The van der Waals surface area contributed by atoms with Crippen LogP contribution in [0.3, 0.4) is 0 Å². The fraction of sp³-hybridized carbons (Fsp3) is 0.500. The van der Waals surface area contributed by atoms with Gasteiger partial charge < -0.3 is 24.8 Å². The summed E-state index contributed by atoms with van der Waals surface area (Å²) in [6.45, 7) is 7.92. The van der Waals surface area contributed by atoms with E-state index in [4.69, 9.17) is 9.47 Å². The van der Waals surface area contributed by atoms with Crippen LogP contribution in [0.5, 0.6) is 5.75 Å². The smallest absolute Gasteiger partial charge is 0.410 e. The van der Waals surface area contributed by atoms with Gasteiger partial charge in [-0.3, -0.25) is 19.4 Å². The molecule has 10 nitrogen and oxygen atoms in total. The number of aliphatic hydroxyl groups is 1. The Morgan fingerprint density at radius 3 is 2.62 bits per heavy atom. The summed E-state index contributed by atoms with van der Waals surface area (Å²) in [6, 6.07) is 12.6. The Kier molecular flexibility index (Phi) is 10.1. The van der Waals surface area contributed by atoms with E-state index in [0.717, 1.165) is 5.56 Å². The van der Waals surface area contributed by atoms with Crippen LogP contribution in [0.2, 0.25) is 0 Å². The summed E-state index contributed by atoms with van der Waals surface area (Å²) in [4.78, 5) is 45.0. The SMILES string of the molecule is CC(C)(C)OC(=O)N1CCN(Cc2ccccc2)C[C@@H]1[C@@H](O)[C@@H]1Cc2cc(F)cc(c2)OCC=CCN2CC(CC2=O)C(=O)N1. The molecule has 0 radical (unpaired) electrons. The minimum Gasteiger partial charge on any atom is -0.489 e. The highest BCUT2D eigenvalue weighted by molar-refractivity contribution is 5.89. The molecule has 0 aromatic heterocycles. The predicted octanol–water partition coefficient (Wildman–Crippen LogP) is 3.13. The summed E-state index contributed by atoms with van der Waals surface area (Å²) >= 11 is 0. The average Bonchev–Trinajstić information content (AvgIpc) is 3.35. The molecule has 3 heterocycles. The standard InChI is InChI=1S/C34H43FN4O6/c1-34(2,3)45-33(43)39-13-12-37(20-23-9-5-4-6-10-23)22-29(39)31(41)28-17-24-15-26(35)19-27(16-24)44-14-8-7-11-38-21-25(18-30(38)40)32(42)36-28/h4-10,15-16,19,25,28-29,31,41H,11-14,17-18,20-22H2,1-3H3,(H,36,42)/t25?,28-,29+,31-/m0/s1. The van der Waals surface area contributed by atoms with Gasteiger partial charge in [0.25, 0.3) is 0 Å². The van der Waals surface area contributed by atoms with Crippen LogP contribution in [0.4, 0.5) is 9.18 Å². The predicted molar refractivity (Wildman–Crippen MR) is 166 cm³/mol. The zero-order valence-corrected chi connectivity index (χ0v) is 26.2. The fourth-order valence-electron chi connectivity index (χ4n) is 6.13. The molecule has 2 saturated heterocycles. The van der Waals surface area contributed by atoms with Crippen molar-refractivity contribution < 1.29 is 33.4 Å². The maximum absolute atomic E-state index is 14.7. The molecule has 0 aliphatic carbocycles. The van der Waals surface area contributed by atoms with E-state index >= 15 is 0 Å². The van der Waals surface area contributed by atoms with Crippen molar-refractivity contribution in [3.05, 3.63) is 77.6 Å². The Balaban J connectivity index is 1.46. The number of halogens is 1. The topological polar surface area (TPSA) is 112 Å². The van der Waals surface area contributed by atoms with Crippen LogP contribution in [0.1, 0.15) is 38.3 Å². The van der Waals surface area contributed by atoms with Gasteiger partial charge in [0.1, 0.15) is 23.8 Å². The number of nitrogens with zero attached hydrogens (tertiary/aromatic N) is 3. The van der Waals surface area contributed by atoms with Crippen LogP contribution < -0.4 is 10.1 Å². The summed E-state index contributed by atoms with van der Waals surface area (Å²) in [7, 11) is 0. The number of ether oxygens (including phenoxy) is 2. The van der Waals surface area contributed by atoms with Gasteiger partial charge in [0.15, 0.2) is 0 Å². The molecular weight excluding hydrogens is 579 g/mol. The second-order valence-electron chi connectivity index (χ2n) is 13.0. The zero-order valence-electron chi connectivity index (χ0n) is 26.2. The number of hydrogen-bond donors (Lipinski definition) is 2. The van der Waals surface area contributed by atoms with Crippen molar-refractivity contribution in [2.24, 2.45) is 5.92 Å². The molecule has 2 N–H and O–H groups in total.